The van der Waals surface area contributed by atoms with Crippen LogP contribution >= 0.6 is 0 Å². The molecule has 3 nitrogen and oxygen atoms in total. The Bertz CT molecular complexity index is 1010. The molecule has 3 aromatic rings. The van der Waals surface area contributed by atoms with Crippen molar-refractivity contribution >= 4 is 5.82 Å². The first-order valence-electron chi connectivity index (χ1n) is 8.83. The zero-order valence-corrected chi connectivity index (χ0v) is 14.7. The van der Waals surface area contributed by atoms with Crippen molar-refractivity contribution in [1.82, 2.24) is 9.78 Å². The van der Waals surface area contributed by atoms with Crippen LogP contribution < -0.4 is 5.32 Å². The normalized spacial score (nSPS) is 14.3. The third-order valence-corrected chi connectivity index (χ3v) is 4.75. The largest absolute Gasteiger partial charge is 0.416 e. The van der Waals surface area contributed by atoms with Crippen LogP contribution in [0.25, 0.3) is 16.9 Å². The Kier molecular flexibility index (Phi) is 4.56. The molecular formula is C20H16F5N3. The molecule has 0 amide bonds. The van der Waals surface area contributed by atoms with Crippen molar-refractivity contribution in [3.63, 3.8) is 0 Å². The molecule has 8 heteroatoms. The molecule has 0 bridgehead atoms. The summed E-state index contributed by atoms with van der Waals surface area (Å²) >= 11 is 0. The number of nitrogens with zero attached hydrogens (tertiary/aromatic N) is 2. The van der Waals surface area contributed by atoms with Crippen LogP contribution in [0.1, 0.15) is 24.0 Å². The van der Waals surface area contributed by atoms with E-state index in [-0.39, 0.29) is 5.56 Å². The Morgan fingerprint density at radius 3 is 2.39 bits per heavy atom. The fourth-order valence-corrected chi connectivity index (χ4v) is 3.38. The predicted molar refractivity (Wildman–Crippen MR) is 95.3 cm³/mol. The lowest BCUT2D eigenvalue weighted by Gasteiger charge is -2.11. The highest BCUT2D eigenvalue weighted by Crippen LogP contribution is 2.36. The summed E-state index contributed by atoms with van der Waals surface area (Å²) in [5.41, 5.74) is 0.955. The van der Waals surface area contributed by atoms with Gasteiger partial charge in [0.2, 0.25) is 0 Å². The van der Waals surface area contributed by atoms with E-state index in [1.807, 2.05) is 0 Å². The van der Waals surface area contributed by atoms with E-state index in [1.54, 1.807) is 0 Å². The molecule has 2 aromatic carbocycles. The molecule has 1 aromatic heterocycles. The molecule has 0 radical (unpaired) electrons. The van der Waals surface area contributed by atoms with E-state index in [0.29, 0.717) is 30.2 Å². The van der Waals surface area contributed by atoms with Crippen molar-refractivity contribution in [1.29, 1.82) is 0 Å². The zero-order valence-electron chi connectivity index (χ0n) is 14.7. The second-order valence-electron chi connectivity index (χ2n) is 6.64. The molecule has 1 aliphatic rings. The van der Waals surface area contributed by atoms with Crippen molar-refractivity contribution in [2.75, 3.05) is 11.9 Å². The quantitative estimate of drug-likeness (QED) is 0.576. The fraction of sp³-hybridized carbons (Fsp3) is 0.250. The Hall–Kier alpha value is -2.90. The highest BCUT2D eigenvalue weighted by atomic mass is 19.4. The van der Waals surface area contributed by atoms with Crippen molar-refractivity contribution in [2.45, 2.75) is 25.4 Å². The molecule has 4 rings (SSSR count). The van der Waals surface area contributed by atoms with Gasteiger partial charge in [-0.25, -0.2) is 13.5 Å². The van der Waals surface area contributed by atoms with Crippen LogP contribution in [-0.2, 0) is 12.6 Å². The van der Waals surface area contributed by atoms with Crippen LogP contribution in [0.3, 0.4) is 0 Å². The molecule has 0 aliphatic carbocycles. The second kappa shape index (κ2) is 6.92. The van der Waals surface area contributed by atoms with Gasteiger partial charge in [-0.2, -0.15) is 18.3 Å². The number of hydrogen-bond acceptors (Lipinski definition) is 2. The van der Waals surface area contributed by atoms with E-state index >= 15 is 0 Å². The van der Waals surface area contributed by atoms with Gasteiger partial charge in [-0.1, -0.05) is 0 Å². The molecule has 0 saturated heterocycles. The molecule has 28 heavy (non-hydrogen) atoms. The molecule has 1 N–H and O–H groups in total. The predicted octanol–water partition coefficient (Wildman–Crippen LogP) is 5.58. The Balaban J connectivity index is 1.85. The van der Waals surface area contributed by atoms with E-state index in [0.717, 1.165) is 42.7 Å². The molecule has 0 saturated carbocycles. The summed E-state index contributed by atoms with van der Waals surface area (Å²) in [5.74, 6) is -0.798. The van der Waals surface area contributed by atoms with Gasteiger partial charge in [0.1, 0.15) is 23.1 Å². The summed E-state index contributed by atoms with van der Waals surface area (Å²) < 4.78 is 67.7. The number of halogens is 5. The van der Waals surface area contributed by atoms with Crippen LogP contribution in [0.4, 0.5) is 27.8 Å². The van der Waals surface area contributed by atoms with E-state index in [9.17, 15) is 22.0 Å². The number of benzene rings is 2. The van der Waals surface area contributed by atoms with Crippen molar-refractivity contribution in [2.24, 2.45) is 0 Å². The average molecular weight is 393 g/mol. The first-order chi connectivity index (χ1) is 13.3. The lowest BCUT2D eigenvalue weighted by molar-refractivity contribution is -0.137. The maximum atomic E-state index is 14.4. The van der Waals surface area contributed by atoms with Gasteiger partial charge in [0.25, 0.3) is 0 Å². The number of aromatic nitrogens is 2. The molecular weight excluding hydrogens is 377 g/mol. The fourth-order valence-electron chi connectivity index (χ4n) is 3.38. The number of anilines is 1. The Morgan fingerprint density at radius 1 is 0.964 bits per heavy atom. The van der Waals surface area contributed by atoms with Gasteiger partial charge < -0.3 is 5.32 Å². The molecule has 1 aliphatic heterocycles. The maximum absolute atomic E-state index is 14.4. The van der Waals surface area contributed by atoms with Gasteiger partial charge in [0.15, 0.2) is 0 Å². The van der Waals surface area contributed by atoms with E-state index in [4.69, 9.17) is 0 Å². The molecule has 0 spiro atoms. The van der Waals surface area contributed by atoms with E-state index < -0.39 is 23.4 Å². The molecule has 146 valence electrons. The SMILES string of the molecule is Fc1ccc(-c2nn(-c3ccc(C(F)(F)F)cc3)c3c2CCCCN3)c(F)c1. The topological polar surface area (TPSA) is 29.9 Å². The Labute approximate surface area is 157 Å². The summed E-state index contributed by atoms with van der Waals surface area (Å²) in [5, 5.41) is 7.71. The van der Waals surface area contributed by atoms with Gasteiger partial charge >= 0.3 is 6.18 Å². The van der Waals surface area contributed by atoms with Crippen LogP contribution in [0.2, 0.25) is 0 Å². The van der Waals surface area contributed by atoms with Crippen molar-refractivity contribution in [3.05, 3.63) is 65.2 Å². The van der Waals surface area contributed by atoms with E-state index in [1.165, 1.54) is 22.9 Å². The Morgan fingerprint density at radius 2 is 1.71 bits per heavy atom. The smallest absolute Gasteiger partial charge is 0.370 e. The first-order valence-corrected chi connectivity index (χ1v) is 8.83. The summed E-state index contributed by atoms with van der Waals surface area (Å²) in [6.07, 6.45) is -2.04. The zero-order chi connectivity index (χ0) is 19.9. The molecule has 0 atom stereocenters. The van der Waals surface area contributed by atoms with Gasteiger partial charge in [-0.3, -0.25) is 0 Å². The standard InChI is InChI=1S/C20H16F5N3/c21-13-6-9-15(17(22)11-13)18-16-3-1-2-10-26-19(16)28(27-18)14-7-4-12(5-8-14)20(23,24)25/h4-9,11,26H,1-3,10H2. The minimum absolute atomic E-state index is 0.159. The maximum Gasteiger partial charge on any atom is 0.416 e. The summed E-state index contributed by atoms with van der Waals surface area (Å²) in [7, 11) is 0. The summed E-state index contributed by atoms with van der Waals surface area (Å²) in [4.78, 5) is 0. The van der Waals surface area contributed by atoms with Crippen LogP contribution in [0.15, 0.2) is 42.5 Å². The van der Waals surface area contributed by atoms with Gasteiger partial charge in [0, 0.05) is 23.7 Å². The van der Waals surface area contributed by atoms with E-state index in [2.05, 4.69) is 10.4 Å². The third-order valence-electron chi connectivity index (χ3n) is 4.75. The molecule has 0 unspecified atom stereocenters. The second-order valence-corrected chi connectivity index (χ2v) is 6.64. The number of alkyl halides is 3. The number of hydrogen-bond donors (Lipinski definition) is 1. The molecule has 0 fully saturated rings. The lowest BCUT2D eigenvalue weighted by atomic mass is 10.0. The first kappa shape index (κ1) is 18.5. The van der Waals surface area contributed by atoms with Crippen LogP contribution in [0.5, 0.6) is 0 Å². The third kappa shape index (κ3) is 3.34. The molecule has 2 heterocycles. The van der Waals surface area contributed by atoms with Crippen LogP contribution in [0, 0.1) is 11.6 Å². The van der Waals surface area contributed by atoms with Gasteiger partial charge in [0.05, 0.1) is 11.3 Å². The highest BCUT2D eigenvalue weighted by Gasteiger charge is 2.30. The van der Waals surface area contributed by atoms with Gasteiger partial charge in [-0.05, 0) is 55.7 Å². The summed E-state index contributed by atoms with van der Waals surface area (Å²) in [6.45, 7) is 0.671. The average Bonchev–Trinajstić information content (AvgIpc) is 2.83. The van der Waals surface area contributed by atoms with Gasteiger partial charge in [-0.15, -0.1) is 0 Å². The minimum atomic E-state index is -4.43. The highest BCUT2D eigenvalue weighted by molar-refractivity contribution is 5.71. The number of fused-ring (bicyclic) bond motifs is 1. The lowest BCUT2D eigenvalue weighted by Crippen LogP contribution is -2.08. The minimum Gasteiger partial charge on any atom is -0.370 e. The van der Waals surface area contributed by atoms with Crippen molar-refractivity contribution in [3.8, 4) is 16.9 Å². The summed E-state index contributed by atoms with van der Waals surface area (Å²) in [6, 6.07) is 7.90. The van der Waals surface area contributed by atoms with Crippen LogP contribution in [-0.4, -0.2) is 16.3 Å². The van der Waals surface area contributed by atoms with Crippen molar-refractivity contribution < 1.29 is 22.0 Å². The number of rotatable bonds is 2. The number of nitrogens with one attached hydrogen (secondary N) is 1. The monoisotopic (exact) mass is 393 g/mol.